The second-order valence-electron chi connectivity index (χ2n) is 3.53. The van der Waals surface area contributed by atoms with Gasteiger partial charge in [0.05, 0.1) is 0 Å². The van der Waals surface area contributed by atoms with Crippen molar-refractivity contribution in [3.63, 3.8) is 0 Å². The van der Waals surface area contributed by atoms with Crippen molar-refractivity contribution in [2.75, 3.05) is 6.54 Å². The number of hydrogen-bond acceptors (Lipinski definition) is 1. The fraction of sp³-hybridized carbons (Fsp3) is 0.833. The molecule has 0 fully saturated rings. The second kappa shape index (κ2) is 9.61. The Kier molecular flexibility index (Phi) is 9.25. The van der Waals surface area contributed by atoms with Gasteiger partial charge in [-0.05, 0) is 39.7 Å². The lowest BCUT2D eigenvalue weighted by Crippen LogP contribution is -2.26. The molecular formula is C12H23N. The summed E-state index contributed by atoms with van der Waals surface area (Å²) in [6.45, 7) is 7.53. The Hall–Kier alpha value is -0.480. The molecule has 0 bridgehead atoms. The smallest absolute Gasteiger partial charge is 0.00885 e. The summed E-state index contributed by atoms with van der Waals surface area (Å²) in [5.74, 6) is 6.02. The zero-order chi connectivity index (χ0) is 9.94. The summed E-state index contributed by atoms with van der Waals surface area (Å²) in [6.07, 6.45) is 6.12. The van der Waals surface area contributed by atoms with Crippen molar-refractivity contribution in [3.05, 3.63) is 0 Å². The van der Waals surface area contributed by atoms with Crippen LogP contribution in [0.4, 0.5) is 0 Å². The lowest BCUT2D eigenvalue weighted by molar-refractivity contribution is 0.491. The van der Waals surface area contributed by atoms with Gasteiger partial charge in [-0.25, -0.2) is 0 Å². The highest BCUT2D eigenvalue weighted by molar-refractivity contribution is 4.94. The van der Waals surface area contributed by atoms with Crippen molar-refractivity contribution in [1.82, 2.24) is 5.32 Å². The number of nitrogens with one attached hydrogen (secondary N) is 1. The van der Waals surface area contributed by atoms with Gasteiger partial charge in [-0.2, -0.15) is 0 Å². The van der Waals surface area contributed by atoms with Gasteiger partial charge in [0.15, 0.2) is 0 Å². The van der Waals surface area contributed by atoms with E-state index >= 15 is 0 Å². The van der Waals surface area contributed by atoms with Crippen LogP contribution >= 0.6 is 0 Å². The van der Waals surface area contributed by atoms with Crippen LogP contribution < -0.4 is 5.32 Å². The molecule has 0 aliphatic carbocycles. The Bertz CT molecular complexity index is 152. The molecule has 0 amide bonds. The van der Waals surface area contributed by atoms with Crippen LogP contribution in [-0.2, 0) is 0 Å². The Morgan fingerprint density at radius 1 is 1.31 bits per heavy atom. The van der Waals surface area contributed by atoms with E-state index < -0.39 is 0 Å². The molecule has 0 heterocycles. The summed E-state index contributed by atoms with van der Waals surface area (Å²) < 4.78 is 0. The molecule has 0 aromatic carbocycles. The maximum absolute atomic E-state index is 3.49. The predicted molar refractivity (Wildman–Crippen MR) is 59.7 cm³/mol. The summed E-state index contributed by atoms with van der Waals surface area (Å²) in [7, 11) is 0. The second-order valence-corrected chi connectivity index (χ2v) is 3.53. The van der Waals surface area contributed by atoms with Crippen LogP contribution in [0.15, 0.2) is 0 Å². The third-order valence-corrected chi connectivity index (χ3v) is 2.11. The highest BCUT2D eigenvalue weighted by atomic mass is 14.9. The monoisotopic (exact) mass is 181 g/mol. The lowest BCUT2D eigenvalue weighted by Gasteiger charge is -2.11. The molecule has 1 unspecified atom stereocenters. The average Bonchev–Trinajstić information content (AvgIpc) is 2.14. The first-order valence-corrected chi connectivity index (χ1v) is 5.44. The number of hydrogen-bond donors (Lipinski definition) is 1. The average molecular weight is 181 g/mol. The molecule has 0 aromatic rings. The molecule has 0 saturated heterocycles. The molecule has 1 atom stereocenters. The largest absolute Gasteiger partial charge is 0.314 e. The molecule has 13 heavy (non-hydrogen) atoms. The van der Waals surface area contributed by atoms with E-state index in [1.54, 1.807) is 0 Å². The van der Waals surface area contributed by atoms with Crippen LogP contribution in [0.5, 0.6) is 0 Å². The highest BCUT2D eigenvalue weighted by Crippen LogP contribution is 2.02. The van der Waals surface area contributed by atoms with Gasteiger partial charge in [0.2, 0.25) is 0 Å². The molecule has 0 saturated carbocycles. The van der Waals surface area contributed by atoms with E-state index in [-0.39, 0.29) is 0 Å². The molecule has 76 valence electrons. The minimum atomic E-state index is 0.675. The molecule has 1 nitrogen and oxygen atoms in total. The standard InChI is InChI=1S/C12H23N/c1-4-6-7-8-9-10-12(3)13-11-5-2/h12-13H,5,7-11H2,1-3H3. The normalized spacial score (nSPS) is 11.9. The third kappa shape index (κ3) is 9.43. The van der Waals surface area contributed by atoms with E-state index in [9.17, 15) is 0 Å². The molecule has 0 spiro atoms. The molecule has 0 radical (unpaired) electrons. The van der Waals surface area contributed by atoms with Crippen LogP contribution in [0, 0.1) is 11.8 Å². The van der Waals surface area contributed by atoms with Crippen LogP contribution in [0.1, 0.15) is 52.9 Å². The van der Waals surface area contributed by atoms with E-state index in [4.69, 9.17) is 0 Å². The van der Waals surface area contributed by atoms with Crippen molar-refractivity contribution in [1.29, 1.82) is 0 Å². The van der Waals surface area contributed by atoms with E-state index in [1.807, 2.05) is 6.92 Å². The van der Waals surface area contributed by atoms with Crippen molar-refractivity contribution in [2.45, 2.75) is 58.9 Å². The van der Waals surface area contributed by atoms with Crippen molar-refractivity contribution in [2.24, 2.45) is 0 Å². The Balaban J connectivity index is 3.14. The lowest BCUT2D eigenvalue weighted by atomic mass is 10.1. The van der Waals surface area contributed by atoms with Gasteiger partial charge in [0.25, 0.3) is 0 Å². The Labute approximate surface area is 83.3 Å². The first kappa shape index (κ1) is 12.5. The van der Waals surface area contributed by atoms with Crippen LogP contribution in [0.3, 0.4) is 0 Å². The molecule has 1 N–H and O–H groups in total. The van der Waals surface area contributed by atoms with Crippen molar-refractivity contribution < 1.29 is 0 Å². The number of unbranched alkanes of at least 4 members (excludes halogenated alkanes) is 2. The van der Waals surface area contributed by atoms with Crippen LogP contribution in [0.25, 0.3) is 0 Å². The zero-order valence-corrected chi connectivity index (χ0v) is 9.32. The van der Waals surface area contributed by atoms with Gasteiger partial charge in [0, 0.05) is 12.5 Å². The first-order valence-electron chi connectivity index (χ1n) is 5.44. The summed E-state index contributed by atoms with van der Waals surface area (Å²) in [4.78, 5) is 0. The fourth-order valence-electron chi connectivity index (χ4n) is 1.28. The van der Waals surface area contributed by atoms with E-state index in [0.717, 1.165) is 13.0 Å². The van der Waals surface area contributed by atoms with Crippen molar-refractivity contribution >= 4 is 0 Å². The summed E-state index contributed by atoms with van der Waals surface area (Å²) in [5.41, 5.74) is 0. The van der Waals surface area contributed by atoms with Gasteiger partial charge in [0.1, 0.15) is 0 Å². The minimum Gasteiger partial charge on any atom is -0.314 e. The topological polar surface area (TPSA) is 12.0 Å². The molecule has 0 rings (SSSR count). The Morgan fingerprint density at radius 3 is 2.69 bits per heavy atom. The maximum Gasteiger partial charge on any atom is 0.00885 e. The summed E-state index contributed by atoms with van der Waals surface area (Å²) >= 11 is 0. The summed E-state index contributed by atoms with van der Waals surface area (Å²) in [5, 5.41) is 3.49. The molecule has 0 aromatic heterocycles. The summed E-state index contributed by atoms with van der Waals surface area (Å²) in [6, 6.07) is 0.675. The van der Waals surface area contributed by atoms with Crippen LogP contribution in [0.2, 0.25) is 0 Å². The minimum absolute atomic E-state index is 0.675. The fourth-order valence-corrected chi connectivity index (χ4v) is 1.28. The van der Waals surface area contributed by atoms with Gasteiger partial charge in [-0.1, -0.05) is 13.3 Å². The van der Waals surface area contributed by atoms with Crippen LogP contribution in [-0.4, -0.2) is 12.6 Å². The third-order valence-electron chi connectivity index (χ3n) is 2.11. The maximum atomic E-state index is 3.49. The van der Waals surface area contributed by atoms with Gasteiger partial charge in [-0.3, -0.25) is 0 Å². The SMILES string of the molecule is CC#CCCCCC(C)NCCC. The molecule has 1 heteroatoms. The van der Waals surface area contributed by atoms with Gasteiger partial charge < -0.3 is 5.32 Å². The highest BCUT2D eigenvalue weighted by Gasteiger charge is 1.98. The van der Waals surface area contributed by atoms with E-state index in [0.29, 0.717) is 6.04 Å². The molecule has 0 aliphatic heterocycles. The van der Waals surface area contributed by atoms with Gasteiger partial charge in [-0.15, -0.1) is 11.8 Å². The van der Waals surface area contributed by atoms with E-state index in [2.05, 4.69) is 31.0 Å². The predicted octanol–water partition coefficient (Wildman–Crippen LogP) is 2.96. The molecular weight excluding hydrogens is 158 g/mol. The van der Waals surface area contributed by atoms with E-state index in [1.165, 1.54) is 25.7 Å². The van der Waals surface area contributed by atoms with Crippen molar-refractivity contribution in [3.8, 4) is 11.8 Å². The molecule has 0 aliphatic rings. The van der Waals surface area contributed by atoms with Gasteiger partial charge >= 0.3 is 0 Å². The Morgan fingerprint density at radius 2 is 2.08 bits per heavy atom. The number of rotatable bonds is 7. The first-order chi connectivity index (χ1) is 6.31. The quantitative estimate of drug-likeness (QED) is 0.470. The zero-order valence-electron chi connectivity index (χ0n) is 9.32.